The minimum Gasteiger partial charge on any atom is -0.330 e. The minimum atomic E-state index is 0.443. The molecule has 0 saturated heterocycles. The maximum atomic E-state index is 5.99. The first-order valence-corrected chi connectivity index (χ1v) is 9.22. The molecule has 0 amide bonds. The van der Waals surface area contributed by atoms with Gasteiger partial charge in [-0.3, -0.25) is 0 Å². The molecule has 0 aliphatic rings. The summed E-state index contributed by atoms with van der Waals surface area (Å²) < 4.78 is 0. The molecular weight excluding hydrogens is 302 g/mol. The van der Waals surface area contributed by atoms with Crippen LogP contribution in [0.25, 0.3) is 0 Å². The zero-order chi connectivity index (χ0) is 17.3. The van der Waals surface area contributed by atoms with E-state index in [0.29, 0.717) is 12.5 Å². The fourth-order valence-corrected chi connectivity index (χ4v) is 3.29. The Morgan fingerprint density at radius 2 is 1.04 bits per heavy atom. The van der Waals surface area contributed by atoms with E-state index >= 15 is 0 Å². The standard InChI is InChI=1S/C24H27N/c25-19-24(23-9-5-2-6-10-23)18-17-22-15-13-21(14-16-22)12-11-20-7-3-1-4-8-20/h1-10,13-16,24H,11-12,17-19,25H2. The zero-order valence-electron chi connectivity index (χ0n) is 14.8. The Balaban J connectivity index is 1.52. The van der Waals surface area contributed by atoms with E-state index in [0.717, 1.165) is 25.7 Å². The first-order chi connectivity index (χ1) is 12.3. The van der Waals surface area contributed by atoms with E-state index in [2.05, 4.69) is 84.9 Å². The summed E-state index contributed by atoms with van der Waals surface area (Å²) in [5.41, 5.74) is 11.6. The first kappa shape index (κ1) is 17.4. The second kappa shape index (κ2) is 9.19. The Morgan fingerprint density at radius 1 is 0.560 bits per heavy atom. The number of hydrogen-bond acceptors (Lipinski definition) is 1. The van der Waals surface area contributed by atoms with Crippen LogP contribution in [0.2, 0.25) is 0 Å². The summed E-state index contributed by atoms with van der Waals surface area (Å²) in [4.78, 5) is 0. The van der Waals surface area contributed by atoms with Gasteiger partial charge >= 0.3 is 0 Å². The third kappa shape index (κ3) is 5.30. The summed E-state index contributed by atoms with van der Waals surface area (Å²) in [6, 6.07) is 30.4. The predicted octanol–water partition coefficient (Wildman–Crippen LogP) is 5.15. The Labute approximate surface area is 151 Å². The van der Waals surface area contributed by atoms with Crippen molar-refractivity contribution in [3.05, 3.63) is 107 Å². The summed E-state index contributed by atoms with van der Waals surface area (Å²) in [5.74, 6) is 0.443. The second-order valence-electron chi connectivity index (χ2n) is 6.68. The molecule has 25 heavy (non-hydrogen) atoms. The predicted molar refractivity (Wildman–Crippen MR) is 107 cm³/mol. The lowest BCUT2D eigenvalue weighted by Gasteiger charge is -2.15. The average Bonchev–Trinajstić information content (AvgIpc) is 2.69. The van der Waals surface area contributed by atoms with Crippen molar-refractivity contribution in [1.29, 1.82) is 0 Å². The van der Waals surface area contributed by atoms with Crippen LogP contribution in [0.15, 0.2) is 84.9 Å². The van der Waals surface area contributed by atoms with E-state index in [-0.39, 0.29) is 0 Å². The van der Waals surface area contributed by atoms with Crippen molar-refractivity contribution in [2.75, 3.05) is 6.54 Å². The summed E-state index contributed by atoms with van der Waals surface area (Å²) >= 11 is 0. The van der Waals surface area contributed by atoms with Crippen LogP contribution in [0.4, 0.5) is 0 Å². The van der Waals surface area contributed by atoms with Crippen LogP contribution in [0.1, 0.15) is 34.6 Å². The summed E-state index contributed by atoms with van der Waals surface area (Å²) in [6.07, 6.45) is 4.38. The van der Waals surface area contributed by atoms with Crippen molar-refractivity contribution in [3.8, 4) is 0 Å². The number of benzene rings is 3. The van der Waals surface area contributed by atoms with Gasteiger partial charge in [-0.1, -0.05) is 84.9 Å². The maximum absolute atomic E-state index is 5.99. The summed E-state index contributed by atoms with van der Waals surface area (Å²) in [6.45, 7) is 0.708. The van der Waals surface area contributed by atoms with Crippen molar-refractivity contribution in [1.82, 2.24) is 0 Å². The molecule has 0 spiro atoms. The van der Waals surface area contributed by atoms with Crippen LogP contribution in [0, 0.1) is 0 Å². The molecule has 3 aromatic rings. The Hall–Kier alpha value is -2.38. The van der Waals surface area contributed by atoms with Crippen molar-refractivity contribution in [2.24, 2.45) is 5.73 Å². The van der Waals surface area contributed by atoms with Gasteiger partial charge in [-0.15, -0.1) is 0 Å². The third-order valence-corrected chi connectivity index (χ3v) is 4.91. The van der Waals surface area contributed by atoms with Gasteiger partial charge in [0.05, 0.1) is 0 Å². The highest BCUT2D eigenvalue weighted by molar-refractivity contribution is 5.26. The van der Waals surface area contributed by atoms with Crippen LogP contribution >= 0.6 is 0 Å². The molecule has 128 valence electrons. The maximum Gasteiger partial charge on any atom is -0.000812 e. The normalized spacial score (nSPS) is 12.0. The molecule has 1 unspecified atom stereocenters. The quantitative estimate of drug-likeness (QED) is 0.608. The van der Waals surface area contributed by atoms with E-state index in [1.807, 2.05) is 0 Å². The first-order valence-electron chi connectivity index (χ1n) is 9.22. The van der Waals surface area contributed by atoms with Gasteiger partial charge in [-0.25, -0.2) is 0 Å². The Morgan fingerprint density at radius 3 is 1.60 bits per heavy atom. The fourth-order valence-electron chi connectivity index (χ4n) is 3.29. The van der Waals surface area contributed by atoms with Gasteiger partial charge in [0, 0.05) is 0 Å². The zero-order valence-corrected chi connectivity index (χ0v) is 14.8. The molecule has 0 aromatic heterocycles. The van der Waals surface area contributed by atoms with E-state index in [9.17, 15) is 0 Å². The summed E-state index contributed by atoms with van der Waals surface area (Å²) in [5, 5.41) is 0. The highest BCUT2D eigenvalue weighted by Crippen LogP contribution is 2.21. The van der Waals surface area contributed by atoms with Crippen molar-refractivity contribution in [2.45, 2.75) is 31.6 Å². The molecule has 3 rings (SSSR count). The highest BCUT2D eigenvalue weighted by Gasteiger charge is 2.09. The van der Waals surface area contributed by atoms with E-state index in [1.165, 1.54) is 22.3 Å². The molecule has 1 heteroatoms. The summed E-state index contributed by atoms with van der Waals surface area (Å²) in [7, 11) is 0. The van der Waals surface area contributed by atoms with Gasteiger partial charge < -0.3 is 5.73 Å². The van der Waals surface area contributed by atoms with Crippen LogP contribution in [-0.4, -0.2) is 6.54 Å². The van der Waals surface area contributed by atoms with Gasteiger partial charge in [-0.05, 0) is 60.4 Å². The largest absolute Gasteiger partial charge is 0.330 e. The lowest BCUT2D eigenvalue weighted by Crippen LogP contribution is -2.13. The van der Waals surface area contributed by atoms with Gasteiger partial charge in [-0.2, -0.15) is 0 Å². The highest BCUT2D eigenvalue weighted by atomic mass is 14.5. The monoisotopic (exact) mass is 329 g/mol. The number of hydrogen-bond donors (Lipinski definition) is 1. The topological polar surface area (TPSA) is 26.0 Å². The van der Waals surface area contributed by atoms with Gasteiger partial charge in [0.2, 0.25) is 0 Å². The fraction of sp³-hybridized carbons (Fsp3) is 0.250. The van der Waals surface area contributed by atoms with Gasteiger partial charge in [0.1, 0.15) is 0 Å². The number of rotatable bonds is 8. The molecule has 0 saturated carbocycles. The lowest BCUT2D eigenvalue weighted by atomic mass is 9.92. The molecule has 0 fully saturated rings. The van der Waals surface area contributed by atoms with E-state index < -0.39 is 0 Å². The minimum absolute atomic E-state index is 0.443. The van der Waals surface area contributed by atoms with Crippen LogP contribution in [0.3, 0.4) is 0 Å². The molecule has 0 radical (unpaired) electrons. The SMILES string of the molecule is NCC(CCc1ccc(CCc2ccccc2)cc1)c1ccccc1. The second-order valence-corrected chi connectivity index (χ2v) is 6.68. The van der Waals surface area contributed by atoms with Crippen LogP contribution < -0.4 is 5.73 Å². The molecule has 1 nitrogen and oxygen atoms in total. The lowest BCUT2D eigenvalue weighted by molar-refractivity contribution is 0.634. The third-order valence-electron chi connectivity index (χ3n) is 4.91. The molecule has 0 aliphatic heterocycles. The molecule has 2 N–H and O–H groups in total. The van der Waals surface area contributed by atoms with Crippen molar-refractivity contribution < 1.29 is 0 Å². The van der Waals surface area contributed by atoms with Crippen LogP contribution in [0.5, 0.6) is 0 Å². The Kier molecular flexibility index (Phi) is 6.42. The molecular formula is C24H27N. The van der Waals surface area contributed by atoms with Crippen LogP contribution in [-0.2, 0) is 19.3 Å². The molecule has 0 heterocycles. The van der Waals surface area contributed by atoms with Crippen molar-refractivity contribution in [3.63, 3.8) is 0 Å². The molecule has 0 bridgehead atoms. The van der Waals surface area contributed by atoms with Gasteiger partial charge in [0.15, 0.2) is 0 Å². The molecule has 1 atom stereocenters. The molecule has 0 aliphatic carbocycles. The number of aryl methyl sites for hydroxylation is 3. The van der Waals surface area contributed by atoms with Gasteiger partial charge in [0.25, 0.3) is 0 Å². The van der Waals surface area contributed by atoms with E-state index in [4.69, 9.17) is 5.73 Å². The molecule has 3 aromatic carbocycles. The number of nitrogens with two attached hydrogens (primary N) is 1. The average molecular weight is 329 g/mol. The van der Waals surface area contributed by atoms with Crippen molar-refractivity contribution >= 4 is 0 Å². The Bertz CT molecular complexity index is 732. The van der Waals surface area contributed by atoms with E-state index in [1.54, 1.807) is 0 Å². The smallest absolute Gasteiger partial charge is 0.000812 e.